The van der Waals surface area contributed by atoms with Gasteiger partial charge in [0.05, 0.1) is 12.6 Å². The van der Waals surface area contributed by atoms with Gasteiger partial charge in [-0.05, 0) is 68.7 Å². The van der Waals surface area contributed by atoms with E-state index >= 15 is 0 Å². The molecule has 0 heterocycles. The van der Waals surface area contributed by atoms with Crippen molar-refractivity contribution in [2.45, 2.75) is 73.8 Å². The summed E-state index contributed by atoms with van der Waals surface area (Å²) < 4.78 is 0. The van der Waals surface area contributed by atoms with Gasteiger partial charge >= 0.3 is 0 Å². The number of aliphatic hydroxyl groups is 1. The second-order valence-electron chi connectivity index (χ2n) is 8.67. The number of benzene rings is 1. The van der Waals surface area contributed by atoms with Crippen LogP contribution in [0.5, 0.6) is 0 Å². The minimum Gasteiger partial charge on any atom is -0.393 e. The molecule has 0 radical (unpaired) electrons. The van der Waals surface area contributed by atoms with Crippen molar-refractivity contribution in [2.75, 3.05) is 25.0 Å². The first-order valence-electron chi connectivity index (χ1n) is 11.0. The molecule has 1 fully saturated rings. The maximum Gasteiger partial charge on any atom is 0.238 e. The molecule has 0 bridgehead atoms. The molecule has 1 amide bonds. The molecule has 4 nitrogen and oxygen atoms in total. The van der Waals surface area contributed by atoms with Crippen LogP contribution in [0.1, 0.15) is 65.0 Å². The van der Waals surface area contributed by atoms with Gasteiger partial charge in [0.1, 0.15) is 0 Å². The number of carbonyl (C=O) groups excluding carboxylic acids is 1. The van der Waals surface area contributed by atoms with Crippen LogP contribution in [0.25, 0.3) is 0 Å². The van der Waals surface area contributed by atoms with E-state index < -0.39 is 0 Å². The van der Waals surface area contributed by atoms with Crippen LogP contribution >= 0.6 is 0 Å². The highest BCUT2D eigenvalue weighted by molar-refractivity contribution is 5.93. The Morgan fingerprint density at radius 3 is 2.21 bits per heavy atom. The van der Waals surface area contributed by atoms with E-state index in [4.69, 9.17) is 0 Å². The second kappa shape index (κ2) is 12.2. The molecular weight excluding hydrogens is 348 g/mol. The Morgan fingerprint density at radius 1 is 1.18 bits per heavy atom. The summed E-state index contributed by atoms with van der Waals surface area (Å²) in [4.78, 5) is 14.0. The van der Waals surface area contributed by atoms with Crippen LogP contribution in [0.4, 0.5) is 5.69 Å². The van der Waals surface area contributed by atoms with Gasteiger partial charge < -0.3 is 10.4 Å². The van der Waals surface area contributed by atoms with Crippen molar-refractivity contribution in [3.05, 3.63) is 29.3 Å². The summed E-state index contributed by atoms with van der Waals surface area (Å²) in [5, 5.41) is 12.7. The van der Waals surface area contributed by atoms with Crippen LogP contribution < -0.4 is 5.32 Å². The maximum atomic E-state index is 11.9. The molecule has 3 atom stereocenters. The first kappa shape index (κ1) is 24.6. The maximum absolute atomic E-state index is 11.9. The molecular formula is C24H42N2O2. The fourth-order valence-electron chi connectivity index (χ4n) is 3.99. The van der Waals surface area contributed by atoms with Gasteiger partial charge in [-0.25, -0.2) is 0 Å². The van der Waals surface area contributed by atoms with E-state index in [1.54, 1.807) is 0 Å². The third kappa shape index (κ3) is 7.92. The number of amides is 1. The number of rotatable bonds is 6. The molecule has 1 aromatic carbocycles. The summed E-state index contributed by atoms with van der Waals surface area (Å²) in [6.45, 7) is 17.1. The summed E-state index contributed by atoms with van der Waals surface area (Å²) in [7, 11) is 0. The third-order valence-corrected chi connectivity index (χ3v) is 5.99. The number of nitrogens with zero attached hydrogens (tertiary/aromatic N) is 1. The fraction of sp³-hybridized carbons (Fsp3) is 0.708. The van der Waals surface area contributed by atoms with Gasteiger partial charge in [0.15, 0.2) is 0 Å². The van der Waals surface area contributed by atoms with Crippen molar-refractivity contribution in [3.8, 4) is 0 Å². The van der Waals surface area contributed by atoms with Crippen LogP contribution in [-0.4, -0.2) is 41.7 Å². The van der Waals surface area contributed by atoms with Crippen molar-refractivity contribution < 1.29 is 9.90 Å². The van der Waals surface area contributed by atoms with Crippen molar-refractivity contribution in [1.82, 2.24) is 4.90 Å². The Kier molecular flexibility index (Phi) is 10.8. The summed E-state index contributed by atoms with van der Waals surface area (Å²) >= 11 is 0. The summed E-state index contributed by atoms with van der Waals surface area (Å²) in [5.41, 5.74) is 3.17. The molecule has 1 aromatic rings. The molecule has 1 saturated carbocycles. The van der Waals surface area contributed by atoms with Crippen molar-refractivity contribution in [3.63, 3.8) is 0 Å². The van der Waals surface area contributed by atoms with Crippen molar-refractivity contribution in [1.29, 1.82) is 0 Å². The van der Waals surface area contributed by atoms with E-state index in [2.05, 4.69) is 44.8 Å². The molecule has 4 heteroatoms. The Balaban J connectivity index is 0.000000307. The lowest BCUT2D eigenvalue weighted by molar-refractivity contribution is -0.117. The molecule has 3 unspecified atom stereocenters. The summed E-state index contributed by atoms with van der Waals surface area (Å²) in [5.74, 6) is 2.01. The number of para-hydroxylation sites is 1. The predicted molar refractivity (Wildman–Crippen MR) is 120 cm³/mol. The molecule has 0 aromatic heterocycles. The number of aryl methyl sites for hydroxylation is 2. The highest BCUT2D eigenvalue weighted by Crippen LogP contribution is 2.33. The number of nitrogens with one attached hydrogen (secondary N) is 1. The standard InChI is InChI=1S/C14H22N2O.C10H20O/c1-5-16(6-2)10-13(17)15-14-11(3)8-7-9-12(14)4;1-7(2)9-5-4-8(3)6-10(9)11/h7-9H,5-6,10H2,1-4H3,(H,15,17);7-11H,4-6H2,1-3H3. The summed E-state index contributed by atoms with van der Waals surface area (Å²) in [6.07, 6.45) is 3.52. The SMILES string of the molecule is CC1CCC(C(C)C)C(O)C1.CCN(CC)CC(=O)Nc1c(C)cccc1C. The zero-order valence-corrected chi connectivity index (χ0v) is 19.1. The average Bonchev–Trinajstić information content (AvgIpc) is 2.63. The van der Waals surface area contributed by atoms with Crippen LogP contribution in [0.15, 0.2) is 18.2 Å². The van der Waals surface area contributed by atoms with Crippen LogP contribution in [0.2, 0.25) is 0 Å². The first-order chi connectivity index (χ1) is 13.2. The monoisotopic (exact) mass is 390 g/mol. The van der Waals surface area contributed by atoms with E-state index in [0.717, 1.165) is 42.2 Å². The minimum absolute atomic E-state index is 0.0289. The van der Waals surface area contributed by atoms with Gasteiger partial charge in [-0.2, -0.15) is 0 Å². The fourth-order valence-corrected chi connectivity index (χ4v) is 3.99. The molecule has 2 rings (SSSR count). The summed E-state index contributed by atoms with van der Waals surface area (Å²) in [6, 6.07) is 6.03. The van der Waals surface area contributed by atoms with Gasteiger partial charge in [-0.1, -0.05) is 59.2 Å². The lowest BCUT2D eigenvalue weighted by Gasteiger charge is -2.33. The molecule has 2 N–H and O–H groups in total. The lowest BCUT2D eigenvalue weighted by atomic mass is 9.75. The predicted octanol–water partition coefficient (Wildman–Crippen LogP) is 5.02. The van der Waals surface area contributed by atoms with Gasteiger partial charge in [0.2, 0.25) is 5.91 Å². The number of likely N-dealkylation sites (N-methyl/N-ethyl adjacent to an activating group) is 1. The van der Waals surface area contributed by atoms with E-state index in [1.807, 2.05) is 32.0 Å². The third-order valence-electron chi connectivity index (χ3n) is 5.99. The first-order valence-corrected chi connectivity index (χ1v) is 11.0. The number of hydrogen-bond donors (Lipinski definition) is 2. The topological polar surface area (TPSA) is 52.6 Å². The van der Waals surface area contributed by atoms with E-state index in [1.165, 1.54) is 12.8 Å². The molecule has 1 aliphatic rings. The van der Waals surface area contributed by atoms with Crippen LogP contribution in [0.3, 0.4) is 0 Å². The Bertz CT molecular complexity index is 576. The molecule has 28 heavy (non-hydrogen) atoms. The van der Waals surface area contributed by atoms with Gasteiger partial charge in [0.25, 0.3) is 0 Å². The van der Waals surface area contributed by atoms with E-state index in [0.29, 0.717) is 18.4 Å². The van der Waals surface area contributed by atoms with Gasteiger partial charge in [-0.15, -0.1) is 0 Å². The number of carbonyl (C=O) groups is 1. The van der Waals surface area contributed by atoms with E-state index in [-0.39, 0.29) is 12.0 Å². The van der Waals surface area contributed by atoms with Gasteiger partial charge in [-0.3, -0.25) is 9.69 Å². The minimum atomic E-state index is -0.0289. The zero-order chi connectivity index (χ0) is 21.3. The number of aliphatic hydroxyl groups excluding tert-OH is 1. The quantitative estimate of drug-likeness (QED) is 0.717. The van der Waals surface area contributed by atoms with Crippen molar-refractivity contribution >= 4 is 11.6 Å². The zero-order valence-electron chi connectivity index (χ0n) is 19.1. The van der Waals surface area contributed by atoms with Crippen LogP contribution in [0, 0.1) is 31.6 Å². The van der Waals surface area contributed by atoms with Crippen LogP contribution in [-0.2, 0) is 4.79 Å². The normalized spacial score (nSPS) is 22.0. The van der Waals surface area contributed by atoms with Crippen molar-refractivity contribution in [2.24, 2.45) is 17.8 Å². The highest BCUT2D eigenvalue weighted by atomic mass is 16.3. The Labute approximate surface area is 172 Å². The molecule has 160 valence electrons. The van der Waals surface area contributed by atoms with E-state index in [9.17, 15) is 9.90 Å². The smallest absolute Gasteiger partial charge is 0.238 e. The Morgan fingerprint density at radius 2 is 1.75 bits per heavy atom. The lowest BCUT2D eigenvalue weighted by Crippen LogP contribution is -2.33. The highest BCUT2D eigenvalue weighted by Gasteiger charge is 2.28. The second-order valence-corrected chi connectivity index (χ2v) is 8.67. The van der Waals surface area contributed by atoms with Gasteiger partial charge in [0, 0.05) is 5.69 Å². The molecule has 1 aliphatic carbocycles. The Hall–Kier alpha value is -1.39. The average molecular weight is 391 g/mol. The number of hydrogen-bond acceptors (Lipinski definition) is 3. The largest absolute Gasteiger partial charge is 0.393 e. The number of anilines is 1. The molecule has 0 saturated heterocycles. The molecule has 0 aliphatic heterocycles. The molecule has 0 spiro atoms.